The molecule has 0 fully saturated rings. The van der Waals surface area contributed by atoms with Crippen molar-refractivity contribution in [2.24, 2.45) is 0 Å². The van der Waals surface area contributed by atoms with Crippen LogP contribution in [0.5, 0.6) is 0 Å². The van der Waals surface area contributed by atoms with Crippen molar-refractivity contribution in [3.8, 4) is 0 Å². The van der Waals surface area contributed by atoms with E-state index in [1.165, 1.54) is 37.9 Å². The summed E-state index contributed by atoms with van der Waals surface area (Å²) in [6.45, 7) is 2.15. The van der Waals surface area contributed by atoms with E-state index in [2.05, 4.69) is 134 Å². The molecule has 0 N–H and O–H groups in total. The maximum Gasteiger partial charge on any atom is 0.0954 e. The Morgan fingerprint density at radius 2 is 1.00 bits per heavy atom. The predicted molar refractivity (Wildman–Crippen MR) is 134 cm³/mol. The highest BCUT2D eigenvalue weighted by atomic mass is 32.2. The third-order valence-corrected chi connectivity index (χ3v) is 7.42. The molecule has 0 radical (unpaired) electrons. The first kappa shape index (κ1) is 19.7. The van der Waals surface area contributed by atoms with Crippen LogP contribution in [0.1, 0.15) is 22.3 Å². The van der Waals surface area contributed by atoms with E-state index in [1.54, 1.807) is 0 Å². The maximum absolute atomic E-state index is 2.29. The molecule has 0 aliphatic heterocycles. The van der Waals surface area contributed by atoms with Crippen molar-refractivity contribution >= 4 is 22.5 Å². The number of rotatable bonds is 5. The largest absolute Gasteiger partial charge is 0.104 e. The lowest BCUT2D eigenvalue weighted by atomic mass is 9.84. The molecular weight excluding hydrogens is 392 g/mol. The normalized spacial score (nSPS) is 11.5. The number of hydrogen-bond donors (Lipinski definition) is 0. The van der Waals surface area contributed by atoms with Gasteiger partial charge in [-0.3, -0.25) is 0 Å². The summed E-state index contributed by atoms with van der Waals surface area (Å²) in [4.78, 5) is 1.28. The Morgan fingerprint density at radius 3 is 1.65 bits per heavy atom. The molecule has 5 aromatic rings. The molecule has 0 bridgehead atoms. The number of benzene rings is 5. The first-order chi connectivity index (χ1) is 15.3. The third kappa shape index (κ3) is 3.66. The molecule has 0 nitrogen and oxygen atoms in total. The van der Waals surface area contributed by atoms with Gasteiger partial charge < -0.3 is 0 Å². The second kappa shape index (κ2) is 8.45. The van der Waals surface area contributed by atoms with E-state index in [9.17, 15) is 0 Å². The molecule has 0 amide bonds. The lowest BCUT2D eigenvalue weighted by Gasteiger charge is -2.36. The summed E-state index contributed by atoms with van der Waals surface area (Å²) in [6.07, 6.45) is 0. The number of aryl methyl sites for hydroxylation is 1. The molecule has 150 valence electrons. The fourth-order valence-corrected chi connectivity index (χ4v) is 5.79. The molecule has 31 heavy (non-hydrogen) atoms. The molecule has 0 atom stereocenters. The van der Waals surface area contributed by atoms with Crippen molar-refractivity contribution < 1.29 is 0 Å². The molecule has 0 saturated heterocycles. The van der Waals surface area contributed by atoms with Gasteiger partial charge in [0, 0.05) is 4.90 Å². The fraction of sp³-hybridized carbons (Fsp3) is 0.0667. The van der Waals surface area contributed by atoms with E-state index in [1.807, 2.05) is 11.8 Å². The Hall–Kier alpha value is -3.29. The minimum Gasteiger partial charge on any atom is -0.104 e. The van der Waals surface area contributed by atoms with Crippen molar-refractivity contribution in [2.75, 3.05) is 0 Å². The second-order valence-electron chi connectivity index (χ2n) is 7.86. The first-order valence-corrected chi connectivity index (χ1v) is 11.4. The Kier molecular flexibility index (Phi) is 5.36. The van der Waals surface area contributed by atoms with Crippen molar-refractivity contribution in [3.63, 3.8) is 0 Å². The van der Waals surface area contributed by atoms with Gasteiger partial charge in [0.05, 0.1) is 4.75 Å². The SMILES string of the molecule is Cc1ccc(C(Sc2cccc3ccccc23)(c2ccccc2)c2ccccc2)cc1. The second-order valence-corrected chi connectivity index (χ2v) is 9.11. The molecule has 5 rings (SSSR count). The lowest BCUT2D eigenvalue weighted by molar-refractivity contribution is 0.894. The minimum atomic E-state index is -0.361. The average molecular weight is 417 g/mol. The minimum absolute atomic E-state index is 0.361. The van der Waals surface area contributed by atoms with Crippen LogP contribution in [0.25, 0.3) is 10.8 Å². The molecule has 0 spiro atoms. The van der Waals surface area contributed by atoms with Gasteiger partial charge in [-0.05, 0) is 40.5 Å². The van der Waals surface area contributed by atoms with Gasteiger partial charge >= 0.3 is 0 Å². The van der Waals surface area contributed by atoms with E-state index >= 15 is 0 Å². The molecule has 0 unspecified atom stereocenters. The summed E-state index contributed by atoms with van der Waals surface area (Å²) in [5, 5.41) is 2.56. The quantitative estimate of drug-likeness (QED) is 0.205. The predicted octanol–water partition coefficient (Wildman–Crippen LogP) is 8.23. The van der Waals surface area contributed by atoms with Gasteiger partial charge in [0.15, 0.2) is 0 Å². The van der Waals surface area contributed by atoms with Gasteiger partial charge in [-0.1, -0.05) is 127 Å². The zero-order valence-corrected chi connectivity index (χ0v) is 18.3. The van der Waals surface area contributed by atoms with Crippen LogP contribution in [0.15, 0.2) is 132 Å². The van der Waals surface area contributed by atoms with E-state index in [4.69, 9.17) is 0 Å². The molecular formula is C30H24S. The lowest BCUT2D eigenvalue weighted by Crippen LogP contribution is -2.25. The summed E-state index contributed by atoms with van der Waals surface area (Å²) in [5.41, 5.74) is 5.12. The highest BCUT2D eigenvalue weighted by Gasteiger charge is 2.38. The van der Waals surface area contributed by atoms with Gasteiger partial charge in [-0.15, -0.1) is 11.8 Å². The molecule has 0 saturated carbocycles. The van der Waals surface area contributed by atoms with Crippen LogP contribution in [-0.2, 0) is 4.75 Å². The monoisotopic (exact) mass is 416 g/mol. The molecule has 0 heterocycles. The van der Waals surface area contributed by atoms with Crippen LogP contribution in [0, 0.1) is 6.92 Å². The van der Waals surface area contributed by atoms with Gasteiger partial charge in [0.2, 0.25) is 0 Å². The molecule has 1 heteroatoms. The van der Waals surface area contributed by atoms with Crippen LogP contribution in [-0.4, -0.2) is 0 Å². The van der Waals surface area contributed by atoms with Gasteiger partial charge in [-0.25, -0.2) is 0 Å². The Balaban J connectivity index is 1.82. The van der Waals surface area contributed by atoms with Crippen molar-refractivity contribution in [3.05, 3.63) is 150 Å². The highest BCUT2D eigenvalue weighted by molar-refractivity contribution is 8.00. The smallest absolute Gasteiger partial charge is 0.0954 e. The van der Waals surface area contributed by atoms with Crippen LogP contribution in [0.4, 0.5) is 0 Å². The van der Waals surface area contributed by atoms with Crippen LogP contribution in [0.3, 0.4) is 0 Å². The van der Waals surface area contributed by atoms with Crippen LogP contribution < -0.4 is 0 Å². The topological polar surface area (TPSA) is 0 Å². The van der Waals surface area contributed by atoms with Gasteiger partial charge in [0.1, 0.15) is 0 Å². The molecule has 5 aromatic carbocycles. The van der Waals surface area contributed by atoms with E-state index in [0.717, 1.165) is 0 Å². The van der Waals surface area contributed by atoms with Gasteiger partial charge in [-0.2, -0.15) is 0 Å². The standard InChI is InChI=1S/C30H24S/c1-23-19-21-27(22-20-23)30(25-13-4-2-5-14-25,26-15-6-3-7-16-26)31-29-18-10-12-24-11-8-9-17-28(24)29/h2-22H,1H3. The Labute approximate surface area is 188 Å². The summed E-state index contributed by atoms with van der Waals surface area (Å²) in [6, 6.07) is 46.1. The Bertz CT molecular complexity index is 1240. The average Bonchev–Trinajstić information content (AvgIpc) is 2.84. The highest BCUT2D eigenvalue weighted by Crippen LogP contribution is 2.52. The zero-order valence-electron chi connectivity index (χ0n) is 17.5. The Morgan fingerprint density at radius 1 is 0.484 bits per heavy atom. The number of hydrogen-bond acceptors (Lipinski definition) is 1. The summed E-state index contributed by atoms with van der Waals surface area (Å²) >= 11 is 1.93. The summed E-state index contributed by atoms with van der Waals surface area (Å²) in [7, 11) is 0. The van der Waals surface area contributed by atoms with E-state index in [0.29, 0.717) is 0 Å². The van der Waals surface area contributed by atoms with E-state index < -0.39 is 0 Å². The number of fused-ring (bicyclic) bond motifs is 1. The molecule has 0 aliphatic rings. The van der Waals surface area contributed by atoms with Crippen molar-refractivity contribution in [2.45, 2.75) is 16.6 Å². The van der Waals surface area contributed by atoms with Crippen molar-refractivity contribution in [1.82, 2.24) is 0 Å². The van der Waals surface area contributed by atoms with E-state index in [-0.39, 0.29) is 4.75 Å². The van der Waals surface area contributed by atoms with Gasteiger partial charge in [0.25, 0.3) is 0 Å². The maximum atomic E-state index is 2.29. The number of thioether (sulfide) groups is 1. The summed E-state index contributed by atoms with van der Waals surface area (Å²) in [5.74, 6) is 0. The van der Waals surface area contributed by atoms with Crippen LogP contribution >= 0.6 is 11.8 Å². The first-order valence-electron chi connectivity index (χ1n) is 10.6. The molecule has 0 aliphatic carbocycles. The molecule has 0 aromatic heterocycles. The van der Waals surface area contributed by atoms with Crippen molar-refractivity contribution in [1.29, 1.82) is 0 Å². The fourth-order valence-electron chi connectivity index (χ4n) is 4.26. The summed E-state index contributed by atoms with van der Waals surface area (Å²) < 4.78 is -0.361. The third-order valence-electron chi connectivity index (χ3n) is 5.83. The van der Waals surface area contributed by atoms with Crippen LogP contribution in [0.2, 0.25) is 0 Å². The zero-order chi connectivity index (χ0) is 21.1.